The molecule has 0 spiro atoms. The minimum Gasteiger partial charge on any atom is -0.368 e. The van der Waals surface area contributed by atoms with E-state index in [0.29, 0.717) is 17.2 Å². The smallest absolute Gasteiger partial charge is 0.368 e. The Morgan fingerprint density at radius 2 is 1.70 bits per heavy atom. The SMILES string of the molecule is CCC(OCc1ccccc1)c1sc(-c2ccc(C(F)(F)F)cc2)nc1C. The first kappa shape index (κ1) is 19.6. The lowest BCUT2D eigenvalue weighted by atomic mass is 10.1. The number of alkyl halides is 3. The maximum atomic E-state index is 12.7. The molecule has 3 rings (SSSR count). The van der Waals surface area contributed by atoms with E-state index >= 15 is 0 Å². The van der Waals surface area contributed by atoms with Crippen LogP contribution in [0.4, 0.5) is 13.2 Å². The highest BCUT2D eigenvalue weighted by Crippen LogP contribution is 2.36. The summed E-state index contributed by atoms with van der Waals surface area (Å²) in [5.74, 6) is 0. The summed E-state index contributed by atoms with van der Waals surface area (Å²) in [6.45, 7) is 4.47. The first-order chi connectivity index (χ1) is 12.9. The second-order valence-electron chi connectivity index (χ2n) is 6.24. The number of hydrogen-bond donors (Lipinski definition) is 0. The van der Waals surface area contributed by atoms with Crippen LogP contribution in [0.2, 0.25) is 0 Å². The van der Waals surface area contributed by atoms with Gasteiger partial charge in [0.1, 0.15) is 5.01 Å². The van der Waals surface area contributed by atoms with Crippen molar-refractivity contribution < 1.29 is 17.9 Å². The van der Waals surface area contributed by atoms with Crippen molar-refractivity contribution in [3.63, 3.8) is 0 Å². The van der Waals surface area contributed by atoms with Gasteiger partial charge in [0.05, 0.1) is 28.8 Å². The molecule has 0 saturated carbocycles. The van der Waals surface area contributed by atoms with Crippen LogP contribution in [0.25, 0.3) is 10.6 Å². The van der Waals surface area contributed by atoms with E-state index < -0.39 is 11.7 Å². The molecular weight excluding hydrogens is 371 g/mol. The quantitative estimate of drug-likeness (QED) is 0.461. The fourth-order valence-electron chi connectivity index (χ4n) is 2.78. The minimum atomic E-state index is -4.33. The largest absolute Gasteiger partial charge is 0.416 e. The van der Waals surface area contributed by atoms with Crippen LogP contribution in [0.15, 0.2) is 54.6 Å². The molecule has 0 bridgehead atoms. The lowest BCUT2D eigenvalue weighted by Crippen LogP contribution is -2.03. The molecule has 6 heteroatoms. The minimum absolute atomic E-state index is 0.0918. The predicted octanol–water partition coefficient (Wildman–Crippen LogP) is 6.81. The summed E-state index contributed by atoms with van der Waals surface area (Å²) in [4.78, 5) is 5.57. The molecule has 1 heterocycles. The second-order valence-corrected chi connectivity index (χ2v) is 7.27. The van der Waals surface area contributed by atoms with Crippen LogP contribution in [0.5, 0.6) is 0 Å². The molecule has 0 radical (unpaired) electrons. The summed E-state index contributed by atoms with van der Waals surface area (Å²) in [5, 5.41) is 0.706. The molecule has 0 saturated heterocycles. The average molecular weight is 391 g/mol. The highest BCUT2D eigenvalue weighted by Gasteiger charge is 2.30. The number of benzene rings is 2. The third-order valence-electron chi connectivity index (χ3n) is 4.25. The zero-order valence-electron chi connectivity index (χ0n) is 15.1. The van der Waals surface area contributed by atoms with Gasteiger partial charge in [-0.1, -0.05) is 49.4 Å². The Hall–Kier alpha value is -2.18. The van der Waals surface area contributed by atoms with Crippen molar-refractivity contribution >= 4 is 11.3 Å². The molecule has 1 atom stereocenters. The fourth-order valence-corrected chi connectivity index (χ4v) is 3.99. The van der Waals surface area contributed by atoms with E-state index in [4.69, 9.17) is 4.74 Å². The third kappa shape index (κ3) is 4.76. The summed E-state index contributed by atoms with van der Waals surface area (Å²) in [6, 6.07) is 15.1. The number of hydrogen-bond acceptors (Lipinski definition) is 3. The van der Waals surface area contributed by atoms with Crippen molar-refractivity contribution in [3.8, 4) is 10.6 Å². The molecule has 0 aliphatic carbocycles. The van der Waals surface area contributed by atoms with Crippen molar-refractivity contribution in [1.29, 1.82) is 0 Å². The Balaban J connectivity index is 1.78. The Morgan fingerprint density at radius 1 is 1.04 bits per heavy atom. The number of halogens is 3. The standard InChI is InChI=1S/C21H20F3NOS/c1-3-18(26-13-15-7-5-4-6-8-15)19-14(2)25-20(27-19)16-9-11-17(12-10-16)21(22,23)24/h4-12,18H,3,13H2,1-2H3. The first-order valence-electron chi connectivity index (χ1n) is 8.69. The summed E-state index contributed by atoms with van der Waals surface area (Å²) in [6.07, 6.45) is -3.63. The van der Waals surface area contributed by atoms with E-state index in [-0.39, 0.29) is 6.10 Å². The van der Waals surface area contributed by atoms with E-state index in [0.717, 1.165) is 34.7 Å². The number of aromatic nitrogens is 1. The monoisotopic (exact) mass is 391 g/mol. The molecule has 27 heavy (non-hydrogen) atoms. The number of aryl methyl sites for hydroxylation is 1. The van der Waals surface area contributed by atoms with Crippen molar-refractivity contribution in [2.75, 3.05) is 0 Å². The fraction of sp³-hybridized carbons (Fsp3) is 0.286. The molecule has 142 valence electrons. The first-order valence-corrected chi connectivity index (χ1v) is 9.50. The van der Waals surface area contributed by atoms with Gasteiger partial charge in [-0.25, -0.2) is 4.98 Å². The van der Waals surface area contributed by atoms with Gasteiger partial charge in [-0.05, 0) is 31.0 Å². The molecule has 0 amide bonds. The molecule has 3 aromatic rings. The van der Waals surface area contributed by atoms with Crippen molar-refractivity contribution in [2.24, 2.45) is 0 Å². The lowest BCUT2D eigenvalue weighted by molar-refractivity contribution is -0.137. The molecule has 0 fully saturated rings. The number of rotatable bonds is 6. The van der Waals surface area contributed by atoms with Gasteiger partial charge in [-0.2, -0.15) is 13.2 Å². The summed E-state index contributed by atoms with van der Waals surface area (Å²) >= 11 is 1.48. The molecule has 1 aromatic heterocycles. The van der Waals surface area contributed by atoms with Crippen LogP contribution in [0.3, 0.4) is 0 Å². The maximum absolute atomic E-state index is 12.7. The summed E-state index contributed by atoms with van der Waals surface area (Å²) in [5.41, 5.74) is 1.98. The summed E-state index contributed by atoms with van der Waals surface area (Å²) in [7, 11) is 0. The highest BCUT2D eigenvalue weighted by molar-refractivity contribution is 7.15. The molecular formula is C21H20F3NOS. The van der Waals surface area contributed by atoms with Gasteiger partial charge in [-0.3, -0.25) is 0 Å². The van der Waals surface area contributed by atoms with Crippen LogP contribution in [0, 0.1) is 6.92 Å². The van der Waals surface area contributed by atoms with Gasteiger partial charge in [0.2, 0.25) is 0 Å². The van der Waals surface area contributed by atoms with Crippen LogP contribution < -0.4 is 0 Å². The number of thiazole rings is 1. The molecule has 1 unspecified atom stereocenters. The van der Waals surface area contributed by atoms with Gasteiger partial charge in [0.15, 0.2) is 0 Å². The van der Waals surface area contributed by atoms with E-state index in [1.165, 1.54) is 23.5 Å². The third-order valence-corrected chi connectivity index (χ3v) is 5.55. The molecule has 2 aromatic carbocycles. The van der Waals surface area contributed by atoms with Gasteiger partial charge in [-0.15, -0.1) is 11.3 Å². The zero-order chi connectivity index (χ0) is 19.4. The van der Waals surface area contributed by atoms with Crippen molar-refractivity contribution in [3.05, 3.63) is 76.3 Å². The molecule has 0 aliphatic rings. The topological polar surface area (TPSA) is 22.1 Å². The van der Waals surface area contributed by atoms with Crippen molar-refractivity contribution in [1.82, 2.24) is 4.98 Å². The van der Waals surface area contributed by atoms with Crippen LogP contribution in [-0.4, -0.2) is 4.98 Å². The van der Waals surface area contributed by atoms with E-state index in [1.54, 1.807) is 0 Å². The number of nitrogens with zero attached hydrogens (tertiary/aromatic N) is 1. The van der Waals surface area contributed by atoms with E-state index in [9.17, 15) is 13.2 Å². The van der Waals surface area contributed by atoms with Crippen LogP contribution >= 0.6 is 11.3 Å². The molecule has 0 aliphatic heterocycles. The Labute approximate surface area is 160 Å². The Morgan fingerprint density at radius 3 is 2.30 bits per heavy atom. The van der Waals surface area contributed by atoms with Gasteiger partial charge in [0.25, 0.3) is 0 Å². The van der Waals surface area contributed by atoms with E-state index in [2.05, 4.69) is 4.98 Å². The van der Waals surface area contributed by atoms with Gasteiger partial charge >= 0.3 is 6.18 Å². The highest BCUT2D eigenvalue weighted by atomic mass is 32.1. The van der Waals surface area contributed by atoms with Crippen LogP contribution in [0.1, 0.15) is 41.1 Å². The number of ether oxygens (including phenoxy) is 1. The lowest BCUT2D eigenvalue weighted by Gasteiger charge is -2.15. The predicted molar refractivity (Wildman–Crippen MR) is 102 cm³/mol. The average Bonchev–Trinajstić information content (AvgIpc) is 3.04. The zero-order valence-corrected chi connectivity index (χ0v) is 15.9. The van der Waals surface area contributed by atoms with Crippen molar-refractivity contribution in [2.45, 2.75) is 39.2 Å². The normalized spacial score (nSPS) is 12.9. The molecule has 2 nitrogen and oxygen atoms in total. The second kappa shape index (κ2) is 8.23. The molecule has 0 N–H and O–H groups in total. The van der Waals surface area contributed by atoms with Crippen LogP contribution in [-0.2, 0) is 17.5 Å². The van der Waals surface area contributed by atoms with Gasteiger partial charge < -0.3 is 4.74 Å². The maximum Gasteiger partial charge on any atom is 0.416 e. The van der Waals surface area contributed by atoms with E-state index in [1.807, 2.05) is 44.2 Å². The summed E-state index contributed by atoms with van der Waals surface area (Å²) < 4.78 is 44.3. The Bertz CT molecular complexity index is 873. The Kier molecular flexibility index (Phi) is 5.97. The van der Waals surface area contributed by atoms with Gasteiger partial charge in [0, 0.05) is 5.56 Å².